The first-order valence-corrected chi connectivity index (χ1v) is 7.21. The Morgan fingerprint density at radius 3 is 2.23 bits per heavy atom. The van der Waals surface area contributed by atoms with Crippen LogP contribution in [0, 0.1) is 6.07 Å². The third-order valence-electron chi connectivity index (χ3n) is 3.37. The predicted octanol–water partition coefficient (Wildman–Crippen LogP) is 1.05. The fourth-order valence-electron chi connectivity index (χ4n) is 2.34. The van der Waals surface area contributed by atoms with E-state index in [9.17, 15) is 0 Å². The van der Waals surface area contributed by atoms with Crippen molar-refractivity contribution in [2.75, 3.05) is 20.3 Å². The molecule has 0 aliphatic carbocycles. The summed E-state index contributed by atoms with van der Waals surface area (Å²) >= 11 is 12.0. The molecule has 22 heavy (non-hydrogen) atoms. The fraction of sp³-hybridized carbons (Fsp3) is 0.250. The first-order chi connectivity index (χ1) is 10.2. The molecule has 0 amide bonds. The van der Waals surface area contributed by atoms with E-state index in [0.29, 0.717) is 28.8 Å². The van der Waals surface area contributed by atoms with Gasteiger partial charge in [-0.15, -0.1) is 11.6 Å². The van der Waals surface area contributed by atoms with Crippen LogP contribution in [0.15, 0.2) is 36.4 Å². The molecule has 1 aliphatic rings. The summed E-state index contributed by atoms with van der Waals surface area (Å²) in [6, 6.07) is 14.1. The summed E-state index contributed by atoms with van der Waals surface area (Å²) in [5.41, 5.74) is 1.55. The number of hydrogen-bond acceptors (Lipinski definition) is 3. The third kappa shape index (κ3) is 3.16. The summed E-state index contributed by atoms with van der Waals surface area (Å²) in [5.74, 6) is -0.231. The molecule has 0 unspecified atom stereocenters. The maximum absolute atomic E-state index is 6.07. The first-order valence-electron chi connectivity index (χ1n) is 6.46. The fourth-order valence-corrected chi connectivity index (χ4v) is 2.62. The van der Waals surface area contributed by atoms with Crippen molar-refractivity contribution in [1.29, 1.82) is 0 Å². The third-order valence-corrected chi connectivity index (χ3v) is 4.08. The number of hydrogen-bond donors (Lipinski definition) is 0. The van der Waals surface area contributed by atoms with Gasteiger partial charge in [0.2, 0.25) is 0 Å². The van der Waals surface area contributed by atoms with Crippen molar-refractivity contribution in [3.8, 4) is 5.75 Å². The van der Waals surface area contributed by atoms with E-state index < -0.39 is 5.79 Å². The summed E-state index contributed by atoms with van der Waals surface area (Å²) in [5, 5.41) is 0.796. The van der Waals surface area contributed by atoms with Crippen molar-refractivity contribution in [2.24, 2.45) is 0 Å². The van der Waals surface area contributed by atoms with Gasteiger partial charge in [0.25, 0.3) is 0 Å². The Bertz CT molecular complexity index is 640. The van der Waals surface area contributed by atoms with E-state index in [1.165, 1.54) is 0 Å². The monoisotopic (exact) mass is 330 g/mol. The molecule has 1 aliphatic heterocycles. The Balaban J connectivity index is 0.00000176. The van der Waals surface area contributed by atoms with Gasteiger partial charge in [0.15, 0.2) is 5.79 Å². The van der Waals surface area contributed by atoms with Gasteiger partial charge in [0.1, 0.15) is 5.75 Å². The summed E-state index contributed by atoms with van der Waals surface area (Å²) in [6.07, 6.45) is 0. The Kier molecular flexibility index (Phi) is 5.85. The van der Waals surface area contributed by atoms with Gasteiger partial charge in [0.05, 0.1) is 20.3 Å². The van der Waals surface area contributed by atoms with Gasteiger partial charge in [-0.2, -0.15) is 29.8 Å². The Morgan fingerprint density at radius 1 is 1.05 bits per heavy atom. The van der Waals surface area contributed by atoms with Gasteiger partial charge < -0.3 is 14.2 Å². The van der Waals surface area contributed by atoms with Crippen molar-refractivity contribution in [2.45, 2.75) is 5.79 Å². The van der Waals surface area contributed by atoms with E-state index in [0.717, 1.165) is 11.3 Å². The van der Waals surface area contributed by atoms with E-state index >= 15 is 0 Å². The molecule has 110 valence electrons. The molecule has 1 fully saturated rings. The normalized spacial score (nSPS) is 16.1. The molecule has 6 heteroatoms. The zero-order valence-electron chi connectivity index (χ0n) is 12.4. The smallest absolute Gasteiger partial charge is 0.497 e. The van der Waals surface area contributed by atoms with Gasteiger partial charge in [-0.1, -0.05) is 15.6 Å². The molecule has 2 aromatic rings. The van der Waals surface area contributed by atoms with Crippen LogP contribution in [0.3, 0.4) is 0 Å². The molecule has 0 N–H and O–H groups in total. The van der Waals surface area contributed by atoms with Crippen LogP contribution in [-0.4, -0.2) is 20.3 Å². The number of methoxy groups -OCH3 is 1. The van der Waals surface area contributed by atoms with Crippen LogP contribution < -0.4 is 23.6 Å². The van der Waals surface area contributed by atoms with Crippen LogP contribution in [0.1, 0.15) is 11.1 Å². The largest absolute Gasteiger partial charge is 1.00 e. The molecule has 0 radical (unpaired) electrons. The van der Waals surface area contributed by atoms with Crippen molar-refractivity contribution >= 4 is 23.2 Å². The molecular formula is C16H13Cl2LiO3. The maximum atomic E-state index is 6.07. The predicted molar refractivity (Wildman–Crippen MR) is 81.0 cm³/mol. The van der Waals surface area contributed by atoms with Gasteiger partial charge in [-0.25, -0.2) is 0 Å². The minimum Gasteiger partial charge on any atom is -0.497 e. The standard InChI is InChI=1S/C16H13Cl2O3.Li/c1-19-13-5-2-11(3-6-13)16(20-8-9-21-16)12-4-7-14(17)15(18)10-12;/h2-7H,8-9H2,1H3;/q-1;+1. The first kappa shape index (κ1) is 17.7. The summed E-state index contributed by atoms with van der Waals surface area (Å²) < 4.78 is 16.9. The second-order valence-corrected chi connectivity index (χ2v) is 5.36. The van der Waals surface area contributed by atoms with Crippen LogP contribution in [0.4, 0.5) is 0 Å². The molecule has 1 saturated heterocycles. The van der Waals surface area contributed by atoms with E-state index in [4.69, 9.17) is 37.4 Å². The van der Waals surface area contributed by atoms with Crippen LogP contribution in [-0.2, 0) is 15.3 Å². The maximum Gasteiger partial charge on any atom is 1.00 e. The van der Waals surface area contributed by atoms with Crippen molar-refractivity contribution in [3.63, 3.8) is 0 Å². The Hall–Kier alpha value is -0.663. The molecule has 3 nitrogen and oxygen atoms in total. The minimum atomic E-state index is -1.000. The number of ether oxygens (including phenoxy) is 3. The van der Waals surface area contributed by atoms with Crippen LogP contribution in [0.2, 0.25) is 10.0 Å². The second kappa shape index (κ2) is 7.27. The zero-order valence-corrected chi connectivity index (χ0v) is 13.9. The molecule has 0 atom stereocenters. The van der Waals surface area contributed by atoms with Crippen molar-refractivity contribution < 1.29 is 33.1 Å². The quantitative estimate of drug-likeness (QED) is 0.622. The van der Waals surface area contributed by atoms with Crippen molar-refractivity contribution in [1.82, 2.24) is 0 Å². The average Bonchev–Trinajstić information content (AvgIpc) is 3.01. The van der Waals surface area contributed by atoms with Crippen LogP contribution >= 0.6 is 23.2 Å². The number of benzene rings is 2. The average molecular weight is 331 g/mol. The summed E-state index contributed by atoms with van der Waals surface area (Å²) in [7, 11) is 1.63. The molecule has 3 rings (SSSR count). The van der Waals surface area contributed by atoms with Crippen molar-refractivity contribution in [3.05, 3.63) is 63.6 Å². The summed E-state index contributed by atoms with van der Waals surface area (Å²) in [6.45, 7) is 1.00. The van der Waals surface area contributed by atoms with E-state index in [2.05, 4.69) is 6.07 Å². The Labute approximate surface area is 151 Å². The van der Waals surface area contributed by atoms with E-state index in [1.807, 2.05) is 30.3 Å². The zero-order chi connectivity index (χ0) is 14.9. The molecule has 0 spiro atoms. The van der Waals surface area contributed by atoms with E-state index in [1.54, 1.807) is 13.2 Å². The van der Waals surface area contributed by atoms with Crippen LogP contribution in [0.5, 0.6) is 5.75 Å². The molecule has 0 saturated carbocycles. The van der Waals surface area contributed by atoms with Gasteiger partial charge >= 0.3 is 18.9 Å². The SMILES string of the molecule is COc1ccc(C2(c3[c-]c(Cl)c(Cl)cc3)OCCO2)cc1.[Li+]. The molecule has 0 bridgehead atoms. The van der Waals surface area contributed by atoms with E-state index in [-0.39, 0.29) is 18.9 Å². The number of halogens is 2. The molecule has 2 aromatic carbocycles. The van der Waals surface area contributed by atoms with Gasteiger partial charge in [-0.3, -0.25) is 0 Å². The van der Waals surface area contributed by atoms with Gasteiger partial charge in [0, 0.05) is 5.56 Å². The molecule has 1 heterocycles. The Morgan fingerprint density at radius 2 is 1.68 bits per heavy atom. The second-order valence-electron chi connectivity index (χ2n) is 4.58. The topological polar surface area (TPSA) is 27.7 Å². The minimum absolute atomic E-state index is 0. The van der Waals surface area contributed by atoms with Gasteiger partial charge in [-0.05, 0) is 24.3 Å². The molecule has 0 aromatic heterocycles. The number of rotatable bonds is 3. The van der Waals surface area contributed by atoms with Crippen LogP contribution in [0.25, 0.3) is 0 Å². The molecular weight excluding hydrogens is 318 g/mol. The summed E-state index contributed by atoms with van der Waals surface area (Å²) in [4.78, 5) is 0.